The lowest BCUT2D eigenvalue weighted by Gasteiger charge is -2.17. The second-order valence-corrected chi connectivity index (χ2v) is 7.38. The Hall–Kier alpha value is -2.69. The number of nitrogens with zero attached hydrogens (tertiary/aromatic N) is 3. The zero-order valence-corrected chi connectivity index (χ0v) is 15.8. The SMILES string of the molecule is Cc1cc(C)nc(C2CCN(C(=O)c3ccc4[nH]c(C)c(C)c4c3)C2)n1. The number of rotatable bonds is 2. The number of benzene rings is 1. The average Bonchev–Trinajstić information content (AvgIpc) is 3.19. The van der Waals surface area contributed by atoms with Crippen LogP contribution in [-0.2, 0) is 0 Å². The summed E-state index contributed by atoms with van der Waals surface area (Å²) in [5, 5.41) is 1.13. The molecule has 0 radical (unpaired) electrons. The van der Waals surface area contributed by atoms with E-state index in [4.69, 9.17) is 0 Å². The lowest BCUT2D eigenvalue weighted by Crippen LogP contribution is -2.28. The standard InChI is InChI=1S/C21H24N4O/c1-12-9-13(2)23-20(22-12)17-7-8-25(11-17)21(26)16-5-6-19-18(10-16)14(3)15(4)24-19/h5-6,9-10,17,24H,7-8,11H2,1-4H3. The van der Waals surface area contributed by atoms with Crippen LogP contribution in [0.3, 0.4) is 0 Å². The van der Waals surface area contributed by atoms with Crippen LogP contribution in [0.4, 0.5) is 0 Å². The minimum absolute atomic E-state index is 0.0945. The van der Waals surface area contributed by atoms with E-state index in [9.17, 15) is 4.79 Å². The van der Waals surface area contributed by atoms with Gasteiger partial charge in [0.25, 0.3) is 5.91 Å². The van der Waals surface area contributed by atoms with Crippen LogP contribution >= 0.6 is 0 Å². The van der Waals surface area contributed by atoms with E-state index in [0.717, 1.165) is 52.3 Å². The van der Waals surface area contributed by atoms with Gasteiger partial charge in [-0.25, -0.2) is 9.97 Å². The molecular weight excluding hydrogens is 324 g/mol. The van der Waals surface area contributed by atoms with Crippen molar-refractivity contribution in [2.75, 3.05) is 13.1 Å². The Bertz CT molecular complexity index is 984. The molecule has 3 aromatic rings. The van der Waals surface area contributed by atoms with Crippen molar-refractivity contribution in [2.24, 2.45) is 0 Å². The predicted molar refractivity (Wildman–Crippen MR) is 103 cm³/mol. The molecule has 0 spiro atoms. The van der Waals surface area contributed by atoms with Crippen LogP contribution < -0.4 is 0 Å². The number of likely N-dealkylation sites (tertiary alicyclic amines) is 1. The third-order valence-electron chi connectivity index (χ3n) is 5.40. The smallest absolute Gasteiger partial charge is 0.253 e. The maximum Gasteiger partial charge on any atom is 0.253 e. The molecule has 1 aliphatic rings. The summed E-state index contributed by atoms with van der Waals surface area (Å²) >= 11 is 0. The summed E-state index contributed by atoms with van der Waals surface area (Å²) in [6.45, 7) is 9.57. The molecule has 1 N–H and O–H groups in total. The molecule has 1 unspecified atom stereocenters. The molecule has 5 nitrogen and oxygen atoms in total. The zero-order chi connectivity index (χ0) is 18.4. The number of H-pyrrole nitrogens is 1. The molecule has 1 amide bonds. The van der Waals surface area contributed by atoms with Crippen molar-refractivity contribution >= 4 is 16.8 Å². The summed E-state index contributed by atoms with van der Waals surface area (Å²) in [7, 11) is 0. The van der Waals surface area contributed by atoms with E-state index in [1.165, 1.54) is 5.56 Å². The van der Waals surface area contributed by atoms with E-state index in [2.05, 4.69) is 28.8 Å². The van der Waals surface area contributed by atoms with E-state index >= 15 is 0 Å². The number of carbonyl (C=O) groups excluding carboxylic acids is 1. The van der Waals surface area contributed by atoms with Crippen LogP contribution in [-0.4, -0.2) is 38.8 Å². The molecule has 3 heterocycles. The van der Waals surface area contributed by atoms with Gasteiger partial charge in [0.05, 0.1) is 0 Å². The topological polar surface area (TPSA) is 61.9 Å². The number of aromatic amines is 1. The second kappa shape index (κ2) is 6.24. The minimum atomic E-state index is 0.0945. The van der Waals surface area contributed by atoms with Crippen LogP contribution in [0.15, 0.2) is 24.3 Å². The third kappa shape index (κ3) is 2.87. The highest BCUT2D eigenvalue weighted by Gasteiger charge is 2.30. The number of hydrogen-bond acceptors (Lipinski definition) is 3. The summed E-state index contributed by atoms with van der Waals surface area (Å²) in [4.78, 5) is 27.5. The Morgan fingerprint density at radius 2 is 1.85 bits per heavy atom. The van der Waals surface area contributed by atoms with E-state index < -0.39 is 0 Å². The molecule has 0 bridgehead atoms. The highest BCUT2D eigenvalue weighted by molar-refractivity contribution is 5.99. The van der Waals surface area contributed by atoms with Crippen LogP contribution in [0, 0.1) is 27.7 Å². The maximum absolute atomic E-state index is 13.0. The first-order valence-electron chi connectivity index (χ1n) is 9.13. The molecule has 4 rings (SSSR count). The van der Waals surface area contributed by atoms with Gasteiger partial charge in [-0.2, -0.15) is 0 Å². The first-order chi connectivity index (χ1) is 12.4. The molecule has 26 heavy (non-hydrogen) atoms. The van der Waals surface area contributed by atoms with Gasteiger partial charge in [-0.15, -0.1) is 0 Å². The fourth-order valence-corrected chi connectivity index (χ4v) is 3.87. The minimum Gasteiger partial charge on any atom is -0.358 e. The fourth-order valence-electron chi connectivity index (χ4n) is 3.87. The van der Waals surface area contributed by atoms with Crippen LogP contribution in [0.25, 0.3) is 10.9 Å². The van der Waals surface area contributed by atoms with Gasteiger partial charge in [0.2, 0.25) is 0 Å². The number of nitrogens with one attached hydrogen (secondary N) is 1. The quantitative estimate of drug-likeness (QED) is 0.766. The molecule has 1 aliphatic heterocycles. The molecular formula is C21H24N4O. The largest absolute Gasteiger partial charge is 0.358 e. The Morgan fingerprint density at radius 3 is 2.58 bits per heavy atom. The molecule has 1 atom stereocenters. The number of aromatic nitrogens is 3. The summed E-state index contributed by atoms with van der Waals surface area (Å²) in [6, 6.07) is 7.92. The van der Waals surface area contributed by atoms with Crippen molar-refractivity contribution in [2.45, 2.75) is 40.0 Å². The van der Waals surface area contributed by atoms with E-state index in [0.29, 0.717) is 6.54 Å². The van der Waals surface area contributed by atoms with Crippen molar-refractivity contribution in [3.63, 3.8) is 0 Å². The lowest BCUT2D eigenvalue weighted by molar-refractivity contribution is 0.0790. The van der Waals surface area contributed by atoms with Gasteiger partial charge in [-0.1, -0.05) is 0 Å². The number of fused-ring (bicyclic) bond motifs is 1. The van der Waals surface area contributed by atoms with Crippen LogP contribution in [0.1, 0.15) is 51.2 Å². The zero-order valence-electron chi connectivity index (χ0n) is 15.8. The summed E-state index contributed by atoms with van der Waals surface area (Å²) in [5.74, 6) is 1.18. The fraction of sp³-hybridized carbons (Fsp3) is 0.381. The van der Waals surface area contributed by atoms with Crippen molar-refractivity contribution in [1.82, 2.24) is 19.9 Å². The van der Waals surface area contributed by atoms with Crippen LogP contribution in [0.5, 0.6) is 0 Å². The summed E-state index contributed by atoms with van der Waals surface area (Å²) in [6.07, 6.45) is 0.916. The number of amides is 1. The average molecular weight is 348 g/mol. The molecule has 134 valence electrons. The number of aryl methyl sites for hydroxylation is 4. The van der Waals surface area contributed by atoms with Gasteiger partial charge in [0.1, 0.15) is 5.82 Å². The Balaban J connectivity index is 1.57. The summed E-state index contributed by atoms with van der Waals surface area (Å²) in [5.41, 5.74) is 6.17. The van der Waals surface area contributed by atoms with Gasteiger partial charge in [-0.05, 0) is 63.9 Å². The van der Waals surface area contributed by atoms with E-state index in [1.807, 2.05) is 43.0 Å². The highest BCUT2D eigenvalue weighted by atomic mass is 16.2. The Labute approximate surface area is 153 Å². The highest BCUT2D eigenvalue weighted by Crippen LogP contribution is 2.28. The van der Waals surface area contributed by atoms with Gasteiger partial charge < -0.3 is 9.88 Å². The van der Waals surface area contributed by atoms with Crippen molar-refractivity contribution in [1.29, 1.82) is 0 Å². The monoisotopic (exact) mass is 348 g/mol. The second-order valence-electron chi connectivity index (χ2n) is 7.38. The van der Waals surface area contributed by atoms with Gasteiger partial charge in [0, 0.05) is 52.6 Å². The van der Waals surface area contributed by atoms with Gasteiger partial charge in [-0.3, -0.25) is 4.79 Å². The number of hydrogen-bond donors (Lipinski definition) is 1. The van der Waals surface area contributed by atoms with Gasteiger partial charge >= 0.3 is 0 Å². The molecule has 2 aromatic heterocycles. The maximum atomic E-state index is 13.0. The van der Waals surface area contributed by atoms with Crippen molar-refractivity contribution < 1.29 is 4.79 Å². The molecule has 0 aliphatic carbocycles. The Morgan fingerprint density at radius 1 is 1.12 bits per heavy atom. The molecule has 1 saturated heterocycles. The van der Waals surface area contributed by atoms with Crippen molar-refractivity contribution in [3.05, 3.63) is 58.3 Å². The molecule has 0 saturated carbocycles. The number of carbonyl (C=O) groups is 1. The van der Waals surface area contributed by atoms with Gasteiger partial charge in [0.15, 0.2) is 0 Å². The molecule has 5 heteroatoms. The lowest BCUT2D eigenvalue weighted by atomic mass is 10.1. The van der Waals surface area contributed by atoms with E-state index in [1.54, 1.807) is 0 Å². The predicted octanol–water partition coefficient (Wildman–Crippen LogP) is 3.82. The Kier molecular flexibility index (Phi) is 4.02. The first kappa shape index (κ1) is 16.8. The molecule has 1 fully saturated rings. The molecule has 1 aromatic carbocycles. The third-order valence-corrected chi connectivity index (χ3v) is 5.40. The van der Waals surface area contributed by atoms with Crippen molar-refractivity contribution in [3.8, 4) is 0 Å². The summed E-state index contributed by atoms with van der Waals surface area (Å²) < 4.78 is 0. The van der Waals surface area contributed by atoms with Crippen LogP contribution in [0.2, 0.25) is 0 Å². The first-order valence-corrected chi connectivity index (χ1v) is 9.13. The normalized spacial score (nSPS) is 17.2. The van der Waals surface area contributed by atoms with E-state index in [-0.39, 0.29) is 11.8 Å².